The molecule has 0 atom stereocenters. The van der Waals surface area contributed by atoms with Gasteiger partial charge in [0.2, 0.25) is 0 Å². The molecule has 0 radical (unpaired) electrons. The van der Waals surface area contributed by atoms with Crippen molar-refractivity contribution in [2.45, 2.75) is 6.61 Å². The van der Waals surface area contributed by atoms with E-state index in [2.05, 4.69) is 4.98 Å². The second-order valence-electron chi connectivity index (χ2n) is 3.75. The fraction of sp³-hybridized carbons (Fsp3) is 0.0769. The molecule has 0 unspecified atom stereocenters. The van der Waals surface area contributed by atoms with Crippen LogP contribution in [0.25, 0.3) is 0 Å². The molecule has 1 heterocycles. The van der Waals surface area contributed by atoms with Crippen LogP contribution in [-0.2, 0) is 6.61 Å². The van der Waals surface area contributed by atoms with E-state index in [0.717, 1.165) is 12.1 Å². The third-order valence-electron chi connectivity index (χ3n) is 2.38. The molecule has 4 nitrogen and oxygen atoms in total. The van der Waals surface area contributed by atoms with Crippen LogP contribution in [0.15, 0.2) is 30.5 Å². The minimum Gasteiger partial charge on any atom is -0.486 e. The second-order valence-corrected chi connectivity index (χ2v) is 3.75. The summed E-state index contributed by atoms with van der Waals surface area (Å²) in [6.07, 6.45) is 1.44. The van der Waals surface area contributed by atoms with Crippen LogP contribution in [0.4, 0.5) is 14.5 Å². The predicted molar refractivity (Wildman–Crippen MR) is 64.1 cm³/mol. The molecule has 19 heavy (non-hydrogen) atoms. The highest BCUT2D eigenvalue weighted by Crippen LogP contribution is 2.23. The number of ether oxygens (including phenoxy) is 1. The van der Waals surface area contributed by atoms with Gasteiger partial charge in [-0.1, -0.05) is 0 Å². The molecule has 2 aromatic rings. The smallest absolute Gasteiger partial charge is 0.167 e. The Morgan fingerprint density at radius 2 is 2.05 bits per heavy atom. The van der Waals surface area contributed by atoms with Crippen molar-refractivity contribution >= 4 is 5.69 Å². The molecule has 96 valence electrons. The molecule has 0 saturated heterocycles. The van der Waals surface area contributed by atoms with Gasteiger partial charge in [0.05, 0.1) is 5.69 Å². The Kier molecular flexibility index (Phi) is 3.57. The zero-order valence-electron chi connectivity index (χ0n) is 9.73. The number of halogens is 2. The van der Waals surface area contributed by atoms with Crippen molar-refractivity contribution in [2.75, 3.05) is 5.73 Å². The lowest BCUT2D eigenvalue weighted by atomic mass is 10.2. The maximum absolute atomic E-state index is 13.4. The van der Waals surface area contributed by atoms with Crippen molar-refractivity contribution in [3.8, 4) is 11.8 Å². The van der Waals surface area contributed by atoms with Crippen LogP contribution in [0.2, 0.25) is 0 Å². The molecule has 2 rings (SSSR count). The number of anilines is 1. The zero-order chi connectivity index (χ0) is 13.8. The summed E-state index contributed by atoms with van der Waals surface area (Å²) in [6.45, 7) is -0.00250. The minimum absolute atomic E-state index is 0.00250. The number of benzene rings is 1. The highest BCUT2D eigenvalue weighted by atomic mass is 19.1. The third kappa shape index (κ3) is 2.96. The number of hydrogen-bond donors (Lipinski definition) is 1. The van der Waals surface area contributed by atoms with Crippen LogP contribution < -0.4 is 10.5 Å². The molecule has 0 aliphatic carbocycles. The lowest BCUT2D eigenvalue weighted by molar-refractivity contribution is 0.288. The molecule has 1 aromatic heterocycles. The average molecular weight is 261 g/mol. The van der Waals surface area contributed by atoms with Crippen molar-refractivity contribution in [3.05, 3.63) is 53.4 Å². The van der Waals surface area contributed by atoms with Gasteiger partial charge >= 0.3 is 0 Å². The fourth-order valence-corrected chi connectivity index (χ4v) is 1.44. The van der Waals surface area contributed by atoms with E-state index in [0.29, 0.717) is 5.56 Å². The van der Waals surface area contributed by atoms with Crippen LogP contribution in [0.3, 0.4) is 0 Å². The third-order valence-corrected chi connectivity index (χ3v) is 2.38. The number of hydrogen-bond acceptors (Lipinski definition) is 4. The molecular weight excluding hydrogens is 252 g/mol. The number of nitrogen functional groups attached to an aromatic ring is 1. The van der Waals surface area contributed by atoms with Crippen molar-refractivity contribution in [1.82, 2.24) is 4.98 Å². The molecule has 6 heteroatoms. The molecule has 0 amide bonds. The van der Waals surface area contributed by atoms with E-state index < -0.39 is 11.6 Å². The van der Waals surface area contributed by atoms with Crippen molar-refractivity contribution < 1.29 is 13.5 Å². The lowest BCUT2D eigenvalue weighted by Crippen LogP contribution is -2.01. The standard InChI is InChI=1S/C13H9F2N3O/c14-10-5-13(11(15)4-12(10)17)19-7-8-1-2-18-9(3-8)6-16/h1-5H,7,17H2. The molecule has 2 N–H and O–H groups in total. The number of nitrogens with zero attached hydrogens (tertiary/aromatic N) is 2. The van der Waals surface area contributed by atoms with Crippen LogP contribution in [-0.4, -0.2) is 4.98 Å². The highest BCUT2D eigenvalue weighted by molar-refractivity contribution is 5.44. The average Bonchev–Trinajstić information content (AvgIpc) is 2.41. The van der Waals surface area contributed by atoms with Crippen molar-refractivity contribution in [3.63, 3.8) is 0 Å². The Labute approximate surface area is 108 Å². The maximum atomic E-state index is 13.4. The molecule has 0 fully saturated rings. The van der Waals surface area contributed by atoms with Gasteiger partial charge in [0.15, 0.2) is 11.6 Å². The first-order chi connectivity index (χ1) is 9.10. The second kappa shape index (κ2) is 5.31. The van der Waals surface area contributed by atoms with Crippen LogP contribution >= 0.6 is 0 Å². The Balaban J connectivity index is 2.14. The molecule has 0 aliphatic rings. The molecule has 1 aromatic carbocycles. The summed E-state index contributed by atoms with van der Waals surface area (Å²) < 4.78 is 31.8. The van der Waals surface area contributed by atoms with E-state index in [4.69, 9.17) is 15.7 Å². The molecule has 0 spiro atoms. The van der Waals surface area contributed by atoms with Gasteiger partial charge in [0.25, 0.3) is 0 Å². The number of pyridine rings is 1. The van der Waals surface area contributed by atoms with E-state index in [9.17, 15) is 8.78 Å². The number of nitriles is 1. The number of nitrogens with two attached hydrogens (primary N) is 1. The van der Waals surface area contributed by atoms with Gasteiger partial charge in [-0.2, -0.15) is 5.26 Å². The van der Waals surface area contributed by atoms with E-state index in [-0.39, 0.29) is 23.7 Å². The summed E-state index contributed by atoms with van der Waals surface area (Å²) >= 11 is 0. The van der Waals surface area contributed by atoms with Crippen LogP contribution in [0.5, 0.6) is 5.75 Å². The largest absolute Gasteiger partial charge is 0.486 e. The quantitative estimate of drug-likeness (QED) is 0.861. The monoisotopic (exact) mass is 261 g/mol. The van der Waals surface area contributed by atoms with Crippen LogP contribution in [0, 0.1) is 23.0 Å². The summed E-state index contributed by atoms with van der Waals surface area (Å²) in [5.41, 5.74) is 5.80. The maximum Gasteiger partial charge on any atom is 0.167 e. The van der Waals surface area contributed by atoms with Gasteiger partial charge in [-0.25, -0.2) is 13.8 Å². The first-order valence-electron chi connectivity index (χ1n) is 5.32. The summed E-state index contributed by atoms with van der Waals surface area (Å²) in [6, 6.07) is 6.74. The fourth-order valence-electron chi connectivity index (χ4n) is 1.44. The summed E-state index contributed by atoms with van der Waals surface area (Å²) in [5, 5.41) is 8.68. The Morgan fingerprint density at radius 3 is 2.79 bits per heavy atom. The highest BCUT2D eigenvalue weighted by Gasteiger charge is 2.09. The topological polar surface area (TPSA) is 71.9 Å². The zero-order valence-corrected chi connectivity index (χ0v) is 9.73. The normalized spacial score (nSPS) is 9.95. The molecule has 0 saturated carbocycles. The van der Waals surface area contributed by atoms with Crippen LogP contribution in [0.1, 0.15) is 11.3 Å². The van der Waals surface area contributed by atoms with E-state index >= 15 is 0 Å². The predicted octanol–water partition coefficient (Wildman–Crippen LogP) is 2.39. The molecule has 0 bridgehead atoms. The Hall–Kier alpha value is -2.68. The van der Waals surface area contributed by atoms with Crippen molar-refractivity contribution in [2.24, 2.45) is 0 Å². The van der Waals surface area contributed by atoms with Gasteiger partial charge in [0, 0.05) is 18.3 Å². The summed E-state index contributed by atoms with van der Waals surface area (Å²) in [4.78, 5) is 3.79. The summed E-state index contributed by atoms with van der Waals surface area (Å²) in [7, 11) is 0. The van der Waals surface area contributed by atoms with Gasteiger partial charge in [-0.3, -0.25) is 0 Å². The molecule has 0 aliphatic heterocycles. The Morgan fingerprint density at radius 1 is 1.26 bits per heavy atom. The van der Waals surface area contributed by atoms with Gasteiger partial charge in [-0.05, 0) is 17.7 Å². The lowest BCUT2D eigenvalue weighted by Gasteiger charge is -2.08. The van der Waals surface area contributed by atoms with E-state index in [1.165, 1.54) is 12.3 Å². The minimum atomic E-state index is -0.746. The van der Waals surface area contributed by atoms with E-state index in [1.807, 2.05) is 6.07 Å². The SMILES string of the molecule is N#Cc1cc(COc2cc(F)c(N)cc2F)ccn1. The van der Waals surface area contributed by atoms with Gasteiger partial charge < -0.3 is 10.5 Å². The Bertz CT molecular complexity index is 653. The van der Waals surface area contributed by atoms with Crippen molar-refractivity contribution in [1.29, 1.82) is 5.26 Å². The molecular formula is C13H9F2N3O. The number of rotatable bonds is 3. The van der Waals surface area contributed by atoms with E-state index in [1.54, 1.807) is 6.07 Å². The van der Waals surface area contributed by atoms with Gasteiger partial charge in [-0.15, -0.1) is 0 Å². The first-order valence-corrected chi connectivity index (χ1v) is 5.32. The van der Waals surface area contributed by atoms with Gasteiger partial charge in [0.1, 0.15) is 24.2 Å². The summed E-state index contributed by atoms with van der Waals surface area (Å²) in [5.74, 6) is -1.72. The number of aromatic nitrogens is 1. The first kappa shape index (κ1) is 12.8.